The molecule has 1 N–H and O–H groups in total. The van der Waals surface area contributed by atoms with E-state index >= 15 is 0 Å². The third-order valence-corrected chi connectivity index (χ3v) is 5.46. The minimum atomic E-state index is 0.816. The molecule has 0 saturated carbocycles. The lowest BCUT2D eigenvalue weighted by Crippen LogP contribution is -2.53. The number of piperidine rings is 3. The van der Waals surface area contributed by atoms with Crippen LogP contribution in [0.15, 0.2) is 0 Å². The molecule has 3 aliphatic heterocycles. The molecule has 0 unspecified atom stereocenters. The highest BCUT2D eigenvalue weighted by atomic mass is 15.2. The predicted molar refractivity (Wildman–Crippen MR) is 76.8 cm³/mol. The normalized spacial score (nSPS) is 42.5. The van der Waals surface area contributed by atoms with Crippen molar-refractivity contribution in [3.63, 3.8) is 0 Å². The fraction of sp³-hybridized carbons (Fsp3) is 1.00. The molecule has 3 aliphatic rings. The van der Waals surface area contributed by atoms with Gasteiger partial charge in [0.2, 0.25) is 0 Å². The minimum Gasteiger partial charge on any atom is -0.314 e. The molecule has 0 aromatic rings. The van der Waals surface area contributed by atoms with E-state index in [1.54, 1.807) is 0 Å². The van der Waals surface area contributed by atoms with Crippen LogP contribution in [0.25, 0.3) is 0 Å². The lowest BCUT2D eigenvalue weighted by molar-refractivity contribution is 0.0198. The number of nitrogens with zero attached hydrogens (tertiary/aromatic N) is 1. The Labute approximate surface area is 113 Å². The monoisotopic (exact) mass is 250 g/mol. The first-order valence-electron chi connectivity index (χ1n) is 8.32. The Bertz CT molecular complexity index is 260. The second-order valence-corrected chi connectivity index (χ2v) is 7.00. The van der Waals surface area contributed by atoms with Crippen LogP contribution in [-0.2, 0) is 0 Å². The van der Waals surface area contributed by atoms with Gasteiger partial charge in [-0.2, -0.15) is 0 Å². The Morgan fingerprint density at radius 1 is 1.06 bits per heavy atom. The summed E-state index contributed by atoms with van der Waals surface area (Å²) in [5, 5.41) is 3.75. The highest BCUT2D eigenvalue weighted by Gasteiger charge is 2.36. The van der Waals surface area contributed by atoms with E-state index in [0.717, 1.165) is 24.0 Å². The van der Waals surface area contributed by atoms with Crippen LogP contribution in [0.4, 0.5) is 0 Å². The Kier molecular flexibility index (Phi) is 4.25. The molecule has 18 heavy (non-hydrogen) atoms. The summed E-state index contributed by atoms with van der Waals surface area (Å²) in [6, 6.07) is 2.63. The SMILES string of the molecule is C[C@@H]1C[C@H](C[C@@H]2CCCCN2)N2CCCC[C@H]2C1. The molecular weight excluding hydrogens is 220 g/mol. The molecule has 3 fully saturated rings. The van der Waals surface area contributed by atoms with Crippen molar-refractivity contribution in [1.29, 1.82) is 0 Å². The molecule has 0 aliphatic carbocycles. The molecule has 0 bridgehead atoms. The molecular formula is C16H30N2. The standard InChI is InChI=1S/C16H30N2/c1-13-10-15-7-3-5-9-18(15)16(11-13)12-14-6-2-4-8-17-14/h13-17H,2-12H2,1H3/t13-,14-,15-,16+/m0/s1. The first-order valence-corrected chi connectivity index (χ1v) is 8.32. The van der Waals surface area contributed by atoms with E-state index in [2.05, 4.69) is 17.1 Å². The number of rotatable bonds is 2. The average Bonchev–Trinajstić information content (AvgIpc) is 2.40. The molecule has 0 aromatic heterocycles. The van der Waals surface area contributed by atoms with E-state index < -0.39 is 0 Å². The van der Waals surface area contributed by atoms with Crippen LogP contribution in [-0.4, -0.2) is 36.1 Å². The summed E-state index contributed by atoms with van der Waals surface area (Å²) in [7, 11) is 0. The number of fused-ring (bicyclic) bond motifs is 1. The first kappa shape index (κ1) is 12.9. The van der Waals surface area contributed by atoms with Crippen molar-refractivity contribution in [2.24, 2.45) is 5.92 Å². The minimum absolute atomic E-state index is 0.816. The molecule has 0 spiro atoms. The lowest BCUT2D eigenvalue weighted by atomic mass is 9.80. The third kappa shape index (κ3) is 2.91. The van der Waals surface area contributed by atoms with Crippen LogP contribution in [0, 0.1) is 5.92 Å². The number of hydrogen-bond acceptors (Lipinski definition) is 2. The van der Waals surface area contributed by atoms with Gasteiger partial charge in [-0.15, -0.1) is 0 Å². The van der Waals surface area contributed by atoms with E-state index in [4.69, 9.17) is 0 Å². The highest BCUT2D eigenvalue weighted by molar-refractivity contribution is 4.92. The molecule has 0 amide bonds. The van der Waals surface area contributed by atoms with Crippen LogP contribution >= 0.6 is 0 Å². The zero-order chi connectivity index (χ0) is 12.4. The van der Waals surface area contributed by atoms with Gasteiger partial charge in [-0.3, -0.25) is 4.90 Å². The Morgan fingerprint density at radius 2 is 1.94 bits per heavy atom. The Morgan fingerprint density at radius 3 is 2.78 bits per heavy atom. The molecule has 0 aromatic carbocycles. The van der Waals surface area contributed by atoms with E-state index in [0.29, 0.717) is 0 Å². The quantitative estimate of drug-likeness (QED) is 0.810. The maximum absolute atomic E-state index is 3.75. The van der Waals surface area contributed by atoms with Crippen molar-refractivity contribution in [1.82, 2.24) is 10.2 Å². The fourth-order valence-electron chi connectivity index (χ4n) is 4.60. The number of nitrogens with one attached hydrogen (secondary N) is 1. The summed E-state index contributed by atoms with van der Waals surface area (Å²) in [4.78, 5) is 2.89. The topological polar surface area (TPSA) is 15.3 Å². The molecule has 2 heteroatoms. The van der Waals surface area contributed by atoms with Crippen LogP contribution in [0.2, 0.25) is 0 Å². The molecule has 3 heterocycles. The van der Waals surface area contributed by atoms with E-state index in [9.17, 15) is 0 Å². The molecule has 0 radical (unpaired) electrons. The predicted octanol–water partition coefficient (Wildman–Crippen LogP) is 3.17. The van der Waals surface area contributed by atoms with Crippen molar-refractivity contribution >= 4 is 0 Å². The van der Waals surface area contributed by atoms with Gasteiger partial charge < -0.3 is 5.32 Å². The fourth-order valence-corrected chi connectivity index (χ4v) is 4.60. The van der Waals surface area contributed by atoms with Gasteiger partial charge in [0.1, 0.15) is 0 Å². The highest BCUT2D eigenvalue weighted by Crippen LogP contribution is 2.35. The molecule has 4 atom stereocenters. The van der Waals surface area contributed by atoms with Crippen molar-refractivity contribution in [2.45, 2.75) is 82.8 Å². The van der Waals surface area contributed by atoms with Gasteiger partial charge in [-0.05, 0) is 64.0 Å². The summed E-state index contributed by atoms with van der Waals surface area (Å²) >= 11 is 0. The summed E-state index contributed by atoms with van der Waals surface area (Å²) in [5.41, 5.74) is 0. The largest absolute Gasteiger partial charge is 0.314 e. The summed E-state index contributed by atoms with van der Waals surface area (Å²) in [5.74, 6) is 0.956. The van der Waals surface area contributed by atoms with Gasteiger partial charge in [0.15, 0.2) is 0 Å². The molecule has 3 saturated heterocycles. The van der Waals surface area contributed by atoms with Crippen LogP contribution in [0.3, 0.4) is 0 Å². The summed E-state index contributed by atoms with van der Waals surface area (Å²) < 4.78 is 0. The van der Waals surface area contributed by atoms with Gasteiger partial charge in [-0.25, -0.2) is 0 Å². The zero-order valence-electron chi connectivity index (χ0n) is 12.0. The average molecular weight is 250 g/mol. The van der Waals surface area contributed by atoms with E-state index in [-0.39, 0.29) is 0 Å². The zero-order valence-corrected chi connectivity index (χ0v) is 12.0. The van der Waals surface area contributed by atoms with Gasteiger partial charge in [0, 0.05) is 18.1 Å². The van der Waals surface area contributed by atoms with Crippen LogP contribution in [0.5, 0.6) is 0 Å². The maximum Gasteiger partial charge on any atom is 0.0115 e. The van der Waals surface area contributed by atoms with Gasteiger partial charge in [-0.1, -0.05) is 19.8 Å². The Balaban J connectivity index is 1.60. The third-order valence-electron chi connectivity index (χ3n) is 5.46. The maximum atomic E-state index is 3.75. The van der Waals surface area contributed by atoms with E-state index in [1.807, 2.05) is 0 Å². The second kappa shape index (κ2) is 5.92. The van der Waals surface area contributed by atoms with Crippen LogP contribution < -0.4 is 5.32 Å². The smallest absolute Gasteiger partial charge is 0.0115 e. The van der Waals surface area contributed by atoms with E-state index in [1.165, 1.54) is 70.9 Å². The first-order chi connectivity index (χ1) is 8.83. The van der Waals surface area contributed by atoms with Crippen molar-refractivity contribution in [2.75, 3.05) is 13.1 Å². The van der Waals surface area contributed by atoms with Gasteiger partial charge in [0.25, 0.3) is 0 Å². The van der Waals surface area contributed by atoms with Gasteiger partial charge >= 0.3 is 0 Å². The molecule has 3 rings (SSSR count). The lowest BCUT2D eigenvalue weighted by Gasteiger charge is -2.48. The van der Waals surface area contributed by atoms with Crippen molar-refractivity contribution in [3.8, 4) is 0 Å². The van der Waals surface area contributed by atoms with Gasteiger partial charge in [0.05, 0.1) is 0 Å². The Hall–Kier alpha value is -0.0800. The second-order valence-electron chi connectivity index (χ2n) is 7.00. The molecule has 2 nitrogen and oxygen atoms in total. The number of hydrogen-bond donors (Lipinski definition) is 1. The molecule has 104 valence electrons. The summed E-state index contributed by atoms with van der Waals surface area (Å²) in [6.45, 7) is 5.12. The van der Waals surface area contributed by atoms with Crippen molar-refractivity contribution < 1.29 is 0 Å². The van der Waals surface area contributed by atoms with Crippen molar-refractivity contribution in [3.05, 3.63) is 0 Å². The summed E-state index contributed by atoms with van der Waals surface area (Å²) in [6.07, 6.45) is 13.0. The van der Waals surface area contributed by atoms with Crippen LogP contribution in [0.1, 0.15) is 64.7 Å².